The molecule has 0 saturated heterocycles. The molecule has 0 saturated carbocycles. The zero-order valence-corrected chi connectivity index (χ0v) is 24.0. The van der Waals surface area contributed by atoms with Crippen molar-refractivity contribution in [3.63, 3.8) is 0 Å². The Hall–Kier alpha value is -3.18. The maximum atomic E-state index is 13.2. The lowest BCUT2D eigenvalue weighted by Crippen LogP contribution is -2.32. The van der Waals surface area contributed by atoms with Gasteiger partial charge in [0, 0.05) is 31.6 Å². The predicted octanol–water partition coefficient (Wildman–Crippen LogP) is 6.52. The second-order valence-corrected chi connectivity index (χ2v) is 10.4. The van der Waals surface area contributed by atoms with Crippen molar-refractivity contribution in [3.8, 4) is 11.3 Å². The van der Waals surface area contributed by atoms with Crippen LogP contribution in [-0.2, 0) is 19.1 Å². The normalized spacial score (nSPS) is 13.9. The molecule has 37 heavy (non-hydrogen) atoms. The van der Waals surface area contributed by atoms with Crippen LogP contribution < -0.4 is 10.6 Å². The first-order valence-corrected chi connectivity index (χ1v) is 13.9. The number of rotatable bonds is 8. The van der Waals surface area contributed by atoms with Crippen molar-refractivity contribution in [3.05, 3.63) is 85.6 Å². The number of hydrogen-bond acceptors (Lipinski definition) is 8. The summed E-state index contributed by atoms with van der Waals surface area (Å²) in [6.07, 6.45) is 0. The van der Waals surface area contributed by atoms with Gasteiger partial charge in [0.2, 0.25) is 0 Å². The molecule has 1 aliphatic heterocycles. The van der Waals surface area contributed by atoms with E-state index in [0.29, 0.717) is 27.7 Å². The van der Waals surface area contributed by atoms with E-state index in [1.54, 1.807) is 13.8 Å². The molecular weight excluding hydrogens is 601 g/mol. The van der Waals surface area contributed by atoms with Gasteiger partial charge in [0.15, 0.2) is 5.13 Å². The molecule has 0 atom stereocenters. The molecule has 4 rings (SSSR count). The van der Waals surface area contributed by atoms with Crippen molar-refractivity contribution >= 4 is 56.7 Å². The summed E-state index contributed by atoms with van der Waals surface area (Å²) in [6.45, 7) is 7.59. The number of hydrogen-bond donors (Lipinski definition) is 2. The molecule has 1 aliphatic rings. The van der Waals surface area contributed by atoms with Gasteiger partial charge in [0.1, 0.15) is 0 Å². The van der Waals surface area contributed by atoms with Gasteiger partial charge in [-0.2, -0.15) is 0 Å². The maximum absolute atomic E-state index is 13.2. The molecule has 0 radical (unpaired) electrons. The Morgan fingerprint density at radius 1 is 0.973 bits per heavy atom. The number of anilines is 2. The predicted molar refractivity (Wildman–Crippen MR) is 155 cm³/mol. The van der Waals surface area contributed by atoms with E-state index in [-0.39, 0.29) is 13.2 Å². The van der Waals surface area contributed by atoms with Crippen LogP contribution in [0.4, 0.5) is 10.8 Å². The highest BCUT2D eigenvalue weighted by atomic mass is 127. The number of allylic oxidation sites excluding steroid dienone is 2. The summed E-state index contributed by atoms with van der Waals surface area (Å²) in [4.78, 5) is 31.1. The lowest BCUT2D eigenvalue weighted by atomic mass is 9.79. The average Bonchev–Trinajstić information content (AvgIpc) is 3.33. The van der Waals surface area contributed by atoms with E-state index in [1.807, 2.05) is 67.8 Å². The Morgan fingerprint density at radius 2 is 1.57 bits per heavy atom. The second-order valence-electron chi connectivity index (χ2n) is 8.33. The third kappa shape index (κ3) is 5.88. The number of aromatic nitrogens is 1. The van der Waals surface area contributed by atoms with Crippen molar-refractivity contribution in [2.24, 2.45) is 0 Å². The first-order chi connectivity index (χ1) is 17.8. The van der Waals surface area contributed by atoms with E-state index in [4.69, 9.17) is 14.5 Å². The molecule has 2 aromatic carbocycles. The number of nitrogens with one attached hydrogen (secondary N) is 2. The Kier molecular flexibility index (Phi) is 8.65. The molecule has 0 spiro atoms. The second kappa shape index (κ2) is 11.9. The monoisotopic (exact) mass is 629 g/mol. The molecular formula is C28H28IN3O4S. The van der Waals surface area contributed by atoms with Gasteiger partial charge in [-0.3, -0.25) is 0 Å². The van der Waals surface area contributed by atoms with E-state index >= 15 is 0 Å². The minimum Gasteiger partial charge on any atom is -0.463 e. The van der Waals surface area contributed by atoms with Crippen LogP contribution in [0, 0.1) is 3.57 Å². The molecule has 1 aromatic heterocycles. The molecule has 0 aliphatic carbocycles. The molecule has 7 nitrogen and oxygen atoms in total. The fourth-order valence-corrected chi connectivity index (χ4v) is 5.42. The largest absolute Gasteiger partial charge is 0.463 e. The SMILES string of the molecule is CCOC(=O)C1=C(C)NC(C)=C(C(=O)OCC)C1c1ccccc1Nc1nc(-c2ccc(I)cc2)cs1. The van der Waals surface area contributed by atoms with Gasteiger partial charge in [0.05, 0.1) is 36.0 Å². The topological polar surface area (TPSA) is 89.5 Å². The quantitative estimate of drug-likeness (QED) is 0.217. The highest BCUT2D eigenvalue weighted by Crippen LogP contribution is 2.43. The van der Waals surface area contributed by atoms with Gasteiger partial charge in [-0.25, -0.2) is 14.6 Å². The number of thiazole rings is 1. The lowest BCUT2D eigenvalue weighted by molar-refractivity contribution is -0.139. The van der Waals surface area contributed by atoms with Gasteiger partial charge in [-0.1, -0.05) is 30.3 Å². The van der Waals surface area contributed by atoms with Gasteiger partial charge in [-0.15, -0.1) is 11.3 Å². The van der Waals surface area contributed by atoms with Gasteiger partial charge in [0.25, 0.3) is 0 Å². The zero-order valence-electron chi connectivity index (χ0n) is 21.1. The van der Waals surface area contributed by atoms with E-state index in [0.717, 1.165) is 26.1 Å². The van der Waals surface area contributed by atoms with Crippen molar-refractivity contribution in [1.29, 1.82) is 0 Å². The van der Waals surface area contributed by atoms with Gasteiger partial charge >= 0.3 is 11.9 Å². The van der Waals surface area contributed by atoms with Crippen molar-refractivity contribution < 1.29 is 19.1 Å². The summed E-state index contributed by atoms with van der Waals surface area (Å²) >= 11 is 3.76. The highest BCUT2D eigenvalue weighted by molar-refractivity contribution is 14.1. The summed E-state index contributed by atoms with van der Waals surface area (Å²) in [6, 6.07) is 15.8. The standard InChI is InChI=1S/C28H28IN3O4S/c1-5-35-26(33)23-16(3)30-17(4)24(27(34)36-6-2)25(23)20-9-7-8-10-21(20)31-28-32-22(15-37-28)18-11-13-19(29)14-12-18/h7-15,25,30H,5-6H2,1-4H3,(H,31,32). The Balaban J connectivity index is 1.77. The fourth-order valence-electron chi connectivity index (χ4n) is 4.33. The number of carbonyl (C=O) groups is 2. The van der Waals surface area contributed by atoms with Crippen molar-refractivity contribution in [2.75, 3.05) is 18.5 Å². The van der Waals surface area contributed by atoms with E-state index < -0.39 is 17.9 Å². The Morgan fingerprint density at radius 3 is 2.16 bits per heavy atom. The van der Waals surface area contributed by atoms with Crippen molar-refractivity contribution in [1.82, 2.24) is 10.3 Å². The van der Waals surface area contributed by atoms with Crippen LogP contribution in [0.3, 0.4) is 0 Å². The number of para-hydroxylation sites is 1. The summed E-state index contributed by atoms with van der Waals surface area (Å²) in [7, 11) is 0. The number of benzene rings is 2. The molecule has 192 valence electrons. The number of nitrogens with zero attached hydrogens (tertiary/aromatic N) is 1. The fraction of sp³-hybridized carbons (Fsp3) is 0.250. The zero-order chi connectivity index (χ0) is 26.5. The Labute approximate surface area is 234 Å². The minimum atomic E-state index is -0.682. The smallest absolute Gasteiger partial charge is 0.336 e. The average molecular weight is 630 g/mol. The minimum absolute atomic E-state index is 0.222. The van der Waals surface area contributed by atoms with Crippen LogP contribution in [0.1, 0.15) is 39.2 Å². The molecule has 0 bridgehead atoms. The summed E-state index contributed by atoms with van der Waals surface area (Å²) < 4.78 is 12.0. The number of ether oxygens (including phenoxy) is 2. The van der Waals surface area contributed by atoms with Crippen LogP contribution in [-0.4, -0.2) is 30.1 Å². The molecule has 0 amide bonds. The summed E-state index contributed by atoms with van der Waals surface area (Å²) in [5.74, 6) is -1.63. The van der Waals surface area contributed by atoms with E-state index in [1.165, 1.54) is 11.3 Å². The molecule has 0 unspecified atom stereocenters. The van der Waals surface area contributed by atoms with Gasteiger partial charge in [-0.05, 0) is 74.0 Å². The van der Waals surface area contributed by atoms with Crippen LogP contribution >= 0.6 is 33.9 Å². The van der Waals surface area contributed by atoms with Gasteiger partial charge < -0.3 is 20.1 Å². The van der Waals surface area contributed by atoms with E-state index in [2.05, 4.69) is 33.2 Å². The van der Waals surface area contributed by atoms with Crippen LogP contribution in [0.15, 0.2) is 76.5 Å². The maximum Gasteiger partial charge on any atom is 0.336 e. The first-order valence-electron chi connectivity index (χ1n) is 11.9. The Bertz CT molecular complexity index is 1340. The molecule has 2 heterocycles. The van der Waals surface area contributed by atoms with Crippen LogP contribution in [0.2, 0.25) is 0 Å². The molecule has 9 heteroatoms. The molecule has 0 fully saturated rings. The number of carbonyl (C=O) groups excluding carboxylic acids is 2. The number of halogens is 1. The first kappa shape index (κ1) is 26.9. The third-order valence-electron chi connectivity index (χ3n) is 5.91. The van der Waals surface area contributed by atoms with Crippen molar-refractivity contribution in [2.45, 2.75) is 33.6 Å². The number of dihydropyridines is 1. The number of esters is 2. The molecule has 3 aromatic rings. The third-order valence-corrected chi connectivity index (χ3v) is 7.39. The summed E-state index contributed by atoms with van der Waals surface area (Å²) in [5, 5.41) is 9.30. The van der Waals surface area contributed by atoms with E-state index in [9.17, 15) is 9.59 Å². The highest BCUT2D eigenvalue weighted by Gasteiger charge is 2.39. The lowest BCUT2D eigenvalue weighted by Gasteiger charge is -2.31. The van der Waals surface area contributed by atoms with Crippen LogP contribution in [0.5, 0.6) is 0 Å². The van der Waals surface area contributed by atoms with Crippen LogP contribution in [0.25, 0.3) is 11.3 Å². The molecule has 2 N–H and O–H groups in total. The summed E-state index contributed by atoms with van der Waals surface area (Å²) in [5.41, 5.74) is 5.42.